The van der Waals surface area contributed by atoms with Gasteiger partial charge in [0.15, 0.2) is 0 Å². The molecule has 0 aliphatic heterocycles. The number of ether oxygens (including phenoxy) is 1. The van der Waals surface area contributed by atoms with Crippen LogP contribution in [0.1, 0.15) is 18.1 Å². The Balaban J connectivity index is 3.17. The molecule has 0 saturated heterocycles. The van der Waals surface area contributed by atoms with Gasteiger partial charge in [0.05, 0.1) is 6.61 Å². The van der Waals surface area contributed by atoms with Gasteiger partial charge in [0.2, 0.25) is 0 Å². The van der Waals surface area contributed by atoms with E-state index in [1.165, 1.54) is 0 Å². The molecule has 0 aromatic heterocycles. The first kappa shape index (κ1) is 10.4. The summed E-state index contributed by atoms with van der Waals surface area (Å²) in [7, 11) is 0. The van der Waals surface area contributed by atoms with Gasteiger partial charge in [-0.3, -0.25) is 0 Å². The monoisotopic (exact) mass is 192 g/mol. The number of hydrogen-bond acceptors (Lipinski definition) is 3. The van der Waals surface area contributed by atoms with Gasteiger partial charge in [-0.25, -0.2) is 0 Å². The molecule has 0 amide bonds. The van der Waals surface area contributed by atoms with Gasteiger partial charge in [-0.1, -0.05) is 6.58 Å². The lowest BCUT2D eigenvalue weighted by molar-refractivity contribution is 0.338. The predicted molar refractivity (Wildman–Crippen MR) is 60.0 cm³/mol. The quantitative estimate of drug-likeness (QED) is 0.719. The normalized spacial score (nSPS) is 9.86. The van der Waals surface area contributed by atoms with Gasteiger partial charge in [0, 0.05) is 23.0 Å². The highest BCUT2D eigenvalue weighted by Gasteiger charge is 2.06. The molecule has 1 rings (SSSR count). The summed E-state index contributed by atoms with van der Waals surface area (Å²) in [5.41, 5.74) is 14.3. The number of aryl methyl sites for hydroxylation is 1. The Morgan fingerprint density at radius 1 is 1.50 bits per heavy atom. The smallest absolute Gasteiger partial charge is 0.124 e. The van der Waals surface area contributed by atoms with Crippen molar-refractivity contribution in [3.05, 3.63) is 29.8 Å². The first-order chi connectivity index (χ1) is 6.56. The van der Waals surface area contributed by atoms with E-state index in [0.717, 1.165) is 16.9 Å². The summed E-state index contributed by atoms with van der Waals surface area (Å²) in [5, 5.41) is 0. The van der Waals surface area contributed by atoms with E-state index in [0.29, 0.717) is 18.0 Å². The molecule has 1 aromatic rings. The third-order valence-electron chi connectivity index (χ3n) is 1.99. The summed E-state index contributed by atoms with van der Waals surface area (Å²) in [6, 6.07) is 3.68. The third-order valence-corrected chi connectivity index (χ3v) is 1.99. The van der Waals surface area contributed by atoms with Crippen molar-refractivity contribution in [3.63, 3.8) is 0 Å². The van der Waals surface area contributed by atoms with Crippen molar-refractivity contribution in [1.82, 2.24) is 0 Å². The lowest BCUT2D eigenvalue weighted by Gasteiger charge is -2.11. The molecule has 0 fully saturated rings. The van der Waals surface area contributed by atoms with Gasteiger partial charge >= 0.3 is 0 Å². The highest BCUT2D eigenvalue weighted by atomic mass is 16.5. The van der Waals surface area contributed by atoms with Crippen LogP contribution in [0.2, 0.25) is 0 Å². The molecule has 0 heterocycles. The Hall–Kier alpha value is -1.64. The van der Waals surface area contributed by atoms with Crippen LogP contribution < -0.4 is 16.2 Å². The summed E-state index contributed by atoms with van der Waals surface area (Å²) >= 11 is 0. The van der Waals surface area contributed by atoms with Gasteiger partial charge < -0.3 is 16.2 Å². The standard InChI is InChI=1S/C11H16N2O/c1-4-14-11-6-10(13)9(8(3)12)5-7(11)2/h5-6H,3-4,12-13H2,1-2H3. The predicted octanol–water partition coefficient (Wildman–Crippen LogP) is 1.91. The van der Waals surface area contributed by atoms with Crippen LogP contribution >= 0.6 is 0 Å². The Bertz CT molecular complexity index is 359. The SMILES string of the molecule is C=C(N)c1cc(C)c(OCC)cc1N. The van der Waals surface area contributed by atoms with Crippen molar-refractivity contribution in [2.75, 3.05) is 12.3 Å². The van der Waals surface area contributed by atoms with Crippen molar-refractivity contribution < 1.29 is 4.74 Å². The Morgan fingerprint density at radius 2 is 2.14 bits per heavy atom. The van der Waals surface area contributed by atoms with Gasteiger partial charge in [-0.05, 0) is 25.5 Å². The lowest BCUT2D eigenvalue weighted by Crippen LogP contribution is -2.02. The zero-order valence-electron chi connectivity index (χ0n) is 8.63. The van der Waals surface area contributed by atoms with Gasteiger partial charge in [0.25, 0.3) is 0 Å². The molecule has 14 heavy (non-hydrogen) atoms. The van der Waals surface area contributed by atoms with E-state index in [1.807, 2.05) is 19.9 Å². The number of benzene rings is 1. The van der Waals surface area contributed by atoms with Gasteiger partial charge in [-0.15, -0.1) is 0 Å². The van der Waals surface area contributed by atoms with E-state index in [4.69, 9.17) is 16.2 Å². The summed E-state index contributed by atoms with van der Waals surface area (Å²) in [5.74, 6) is 0.801. The van der Waals surface area contributed by atoms with Crippen LogP contribution in [0.25, 0.3) is 5.70 Å². The second-order valence-corrected chi connectivity index (χ2v) is 3.16. The van der Waals surface area contributed by atoms with Crippen molar-refractivity contribution >= 4 is 11.4 Å². The van der Waals surface area contributed by atoms with E-state index in [9.17, 15) is 0 Å². The summed E-state index contributed by atoms with van der Waals surface area (Å²) in [6.07, 6.45) is 0. The number of nitrogen functional groups attached to an aromatic ring is 1. The average molecular weight is 192 g/mol. The summed E-state index contributed by atoms with van der Waals surface area (Å²) in [4.78, 5) is 0. The van der Waals surface area contributed by atoms with E-state index in [-0.39, 0.29) is 0 Å². The van der Waals surface area contributed by atoms with E-state index < -0.39 is 0 Å². The van der Waals surface area contributed by atoms with E-state index in [1.54, 1.807) is 6.07 Å². The molecule has 4 N–H and O–H groups in total. The summed E-state index contributed by atoms with van der Waals surface area (Å²) in [6.45, 7) is 8.18. The second kappa shape index (κ2) is 4.05. The zero-order chi connectivity index (χ0) is 10.7. The molecule has 0 spiro atoms. The topological polar surface area (TPSA) is 61.3 Å². The molecule has 0 aliphatic rings. The van der Waals surface area contributed by atoms with Crippen LogP contribution in [0.3, 0.4) is 0 Å². The lowest BCUT2D eigenvalue weighted by atomic mass is 10.1. The minimum atomic E-state index is 0.480. The first-order valence-corrected chi connectivity index (χ1v) is 4.54. The molecule has 0 unspecified atom stereocenters. The highest BCUT2D eigenvalue weighted by Crippen LogP contribution is 2.27. The van der Waals surface area contributed by atoms with Crippen LogP contribution in [-0.4, -0.2) is 6.61 Å². The fraction of sp³-hybridized carbons (Fsp3) is 0.273. The van der Waals surface area contributed by atoms with Crippen molar-refractivity contribution in [1.29, 1.82) is 0 Å². The van der Waals surface area contributed by atoms with Crippen LogP contribution in [0.5, 0.6) is 5.75 Å². The zero-order valence-corrected chi connectivity index (χ0v) is 8.63. The molecule has 76 valence electrons. The molecule has 0 radical (unpaired) electrons. The molecular weight excluding hydrogens is 176 g/mol. The Morgan fingerprint density at radius 3 is 2.64 bits per heavy atom. The minimum absolute atomic E-state index is 0.480. The molecule has 0 bridgehead atoms. The Labute approximate surface area is 84.4 Å². The largest absolute Gasteiger partial charge is 0.494 e. The number of anilines is 1. The highest BCUT2D eigenvalue weighted by molar-refractivity contribution is 5.73. The maximum absolute atomic E-state index is 5.80. The molecule has 0 saturated carbocycles. The molecule has 3 nitrogen and oxygen atoms in total. The van der Waals surface area contributed by atoms with Gasteiger partial charge in [-0.2, -0.15) is 0 Å². The van der Waals surface area contributed by atoms with E-state index in [2.05, 4.69) is 6.58 Å². The average Bonchev–Trinajstić information content (AvgIpc) is 2.10. The maximum atomic E-state index is 5.80. The fourth-order valence-corrected chi connectivity index (χ4v) is 1.29. The molecule has 1 aromatic carbocycles. The van der Waals surface area contributed by atoms with Crippen LogP contribution in [-0.2, 0) is 0 Å². The summed E-state index contributed by atoms with van der Waals surface area (Å²) < 4.78 is 5.40. The van der Waals surface area contributed by atoms with Crippen LogP contribution in [0.15, 0.2) is 18.7 Å². The molecular formula is C11H16N2O. The molecule has 0 atom stereocenters. The van der Waals surface area contributed by atoms with Crippen LogP contribution in [0.4, 0.5) is 5.69 Å². The molecule has 0 aliphatic carbocycles. The van der Waals surface area contributed by atoms with Gasteiger partial charge in [0.1, 0.15) is 5.75 Å². The fourth-order valence-electron chi connectivity index (χ4n) is 1.29. The number of nitrogens with two attached hydrogens (primary N) is 2. The van der Waals surface area contributed by atoms with Crippen LogP contribution in [0, 0.1) is 6.92 Å². The minimum Gasteiger partial charge on any atom is -0.494 e. The van der Waals surface area contributed by atoms with Crippen molar-refractivity contribution in [2.45, 2.75) is 13.8 Å². The van der Waals surface area contributed by atoms with Crippen molar-refractivity contribution in [3.8, 4) is 5.75 Å². The molecule has 3 heteroatoms. The number of hydrogen-bond donors (Lipinski definition) is 2. The first-order valence-electron chi connectivity index (χ1n) is 4.54. The maximum Gasteiger partial charge on any atom is 0.124 e. The second-order valence-electron chi connectivity index (χ2n) is 3.16. The Kier molecular flexibility index (Phi) is 3.02. The van der Waals surface area contributed by atoms with E-state index >= 15 is 0 Å². The number of rotatable bonds is 3. The third kappa shape index (κ3) is 1.99. The van der Waals surface area contributed by atoms with Crippen molar-refractivity contribution in [2.24, 2.45) is 5.73 Å².